The SMILES string of the molecule is Cc1cncc(F)c1-n1c(C)ccc(OCc2ncc(F)cc2F)c1=O. The van der Waals surface area contributed by atoms with Gasteiger partial charge in [0.1, 0.15) is 18.1 Å². The van der Waals surface area contributed by atoms with Crippen LogP contribution in [-0.2, 0) is 6.61 Å². The molecule has 0 radical (unpaired) electrons. The monoisotopic (exact) mass is 361 g/mol. The minimum atomic E-state index is -0.881. The normalized spacial score (nSPS) is 10.8. The van der Waals surface area contributed by atoms with Gasteiger partial charge in [0.2, 0.25) is 0 Å². The second-order valence-corrected chi connectivity index (χ2v) is 5.64. The lowest BCUT2D eigenvalue weighted by molar-refractivity contribution is 0.288. The minimum absolute atomic E-state index is 0.0686. The van der Waals surface area contributed by atoms with Crippen LogP contribution in [0.25, 0.3) is 5.69 Å². The van der Waals surface area contributed by atoms with Gasteiger partial charge in [-0.05, 0) is 31.5 Å². The number of pyridine rings is 3. The third-order valence-corrected chi connectivity index (χ3v) is 3.77. The van der Waals surface area contributed by atoms with E-state index >= 15 is 0 Å². The van der Waals surface area contributed by atoms with Gasteiger partial charge in [-0.25, -0.2) is 13.2 Å². The fourth-order valence-corrected chi connectivity index (χ4v) is 2.50. The Kier molecular flexibility index (Phi) is 4.75. The number of aryl methyl sites for hydroxylation is 2. The van der Waals surface area contributed by atoms with E-state index in [2.05, 4.69) is 9.97 Å². The molecular formula is C18H14F3N3O2. The Hall–Kier alpha value is -3.16. The molecule has 26 heavy (non-hydrogen) atoms. The zero-order valence-electron chi connectivity index (χ0n) is 14.0. The lowest BCUT2D eigenvalue weighted by Crippen LogP contribution is -2.24. The van der Waals surface area contributed by atoms with Crippen molar-refractivity contribution in [1.82, 2.24) is 14.5 Å². The van der Waals surface area contributed by atoms with E-state index in [1.54, 1.807) is 19.9 Å². The molecule has 3 aromatic heterocycles. The molecule has 0 aliphatic rings. The first-order valence-electron chi connectivity index (χ1n) is 7.64. The molecule has 0 aliphatic carbocycles. The van der Waals surface area contributed by atoms with Crippen LogP contribution in [0, 0.1) is 31.3 Å². The summed E-state index contributed by atoms with van der Waals surface area (Å²) in [5.41, 5.74) is 0.268. The van der Waals surface area contributed by atoms with Crippen LogP contribution >= 0.6 is 0 Å². The molecule has 0 aromatic carbocycles. The van der Waals surface area contributed by atoms with Crippen molar-refractivity contribution in [3.63, 3.8) is 0 Å². The van der Waals surface area contributed by atoms with Gasteiger partial charge in [-0.3, -0.25) is 19.3 Å². The Morgan fingerprint density at radius 3 is 2.54 bits per heavy atom. The maximum Gasteiger partial charge on any atom is 0.297 e. The van der Waals surface area contributed by atoms with Crippen molar-refractivity contribution in [2.45, 2.75) is 20.5 Å². The molecule has 0 saturated carbocycles. The van der Waals surface area contributed by atoms with Gasteiger partial charge in [0.25, 0.3) is 5.56 Å². The van der Waals surface area contributed by atoms with E-state index in [9.17, 15) is 18.0 Å². The zero-order valence-corrected chi connectivity index (χ0v) is 14.0. The van der Waals surface area contributed by atoms with E-state index < -0.39 is 23.0 Å². The highest BCUT2D eigenvalue weighted by molar-refractivity contribution is 5.42. The summed E-state index contributed by atoms with van der Waals surface area (Å²) in [4.78, 5) is 20.1. The molecule has 0 bridgehead atoms. The maximum absolute atomic E-state index is 14.2. The molecule has 0 saturated heterocycles. The minimum Gasteiger partial charge on any atom is -0.481 e. The summed E-state index contributed by atoms with van der Waals surface area (Å²) >= 11 is 0. The van der Waals surface area contributed by atoms with E-state index in [1.807, 2.05) is 0 Å². The van der Waals surface area contributed by atoms with Gasteiger partial charge in [0, 0.05) is 18.0 Å². The van der Waals surface area contributed by atoms with Crippen LogP contribution in [0.5, 0.6) is 5.75 Å². The van der Waals surface area contributed by atoms with Crippen molar-refractivity contribution in [2.24, 2.45) is 0 Å². The molecule has 3 aromatic rings. The topological polar surface area (TPSA) is 57.0 Å². The summed E-state index contributed by atoms with van der Waals surface area (Å²) in [6.07, 6.45) is 3.31. The maximum atomic E-state index is 14.2. The van der Waals surface area contributed by atoms with Crippen LogP contribution in [0.1, 0.15) is 17.0 Å². The summed E-state index contributed by atoms with van der Waals surface area (Å²) < 4.78 is 47.3. The number of hydrogen-bond donors (Lipinski definition) is 0. The third kappa shape index (κ3) is 3.30. The zero-order chi connectivity index (χ0) is 18.8. The fraction of sp³-hybridized carbons (Fsp3) is 0.167. The number of ether oxygens (including phenoxy) is 1. The molecule has 0 unspecified atom stereocenters. The van der Waals surface area contributed by atoms with Crippen LogP contribution in [0.2, 0.25) is 0 Å². The van der Waals surface area contributed by atoms with E-state index in [4.69, 9.17) is 4.74 Å². The Labute approximate surface area is 146 Å². The van der Waals surface area contributed by atoms with Crippen molar-refractivity contribution in [1.29, 1.82) is 0 Å². The highest BCUT2D eigenvalue weighted by Gasteiger charge is 2.16. The second-order valence-electron chi connectivity index (χ2n) is 5.64. The van der Waals surface area contributed by atoms with Crippen molar-refractivity contribution < 1.29 is 17.9 Å². The molecule has 0 spiro atoms. The first kappa shape index (κ1) is 17.7. The Balaban J connectivity index is 1.99. The van der Waals surface area contributed by atoms with Crippen molar-refractivity contribution >= 4 is 0 Å². The van der Waals surface area contributed by atoms with Crippen LogP contribution in [0.3, 0.4) is 0 Å². The lowest BCUT2D eigenvalue weighted by Gasteiger charge is -2.15. The van der Waals surface area contributed by atoms with Gasteiger partial charge >= 0.3 is 0 Å². The van der Waals surface area contributed by atoms with E-state index in [-0.39, 0.29) is 23.7 Å². The molecule has 3 heterocycles. The molecular weight excluding hydrogens is 347 g/mol. The number of aromatic nitrogens is 3. The second kappa shape index (κ2) is 6.99. The van der Waals surface area contributed by atoms with Crippen molar-refractivity contribution in [3.8, 4) is 11.4 Å². The van der Waals surface area contributed by atoms with Crippen LogP contribution < -0.4 is 10.3 Å². The summed E-state index contributed by atoms with van der Waals surface area (Å²) in [6.45, 7) is 2.90. The number of rotatable bonds is 4. The number of nitrogens with zero attached hydrogens (tertiary/aromatic N) is 3. The average molecular weight is 361 g/mol. The summed E-state index contributed by atoms with van der Waals surface area (Å²) in [7, 11) is 0. The molecule has 3 rings (SSSR count). The van der Waals surface area contributed by atoms with Gasteiger partial charge in [-0.1, -0.05) is 0 Å². The van der Waals surface area contributed by atoms with Crippen LogP contribution in [0.15, 0.2) is 41.6 Å². The van der Waals surface area contributed by atoms with Gasteiger partial charge in [0.05, 0.1) is 18.1 Å². The predicted molar refractivity (Wildman–Crippen MR) is 87.8 cm³/mol. The van der Waals surface area contributed by atoms with Gasteiger partial charge < -0.3 is 4.74 Å². The Morgan fingerprint density at radius 1 is 1.08 bits per heavy atom. The van der Waals surface area contributed by atoms with E-state index in [1.165, 1.54) is 12.3 Å². The highest BCUT2D eigenvalue weighted by atomic mass is 19.1. The summed E-state index contributed by atoms with van der Waals surface area (Å²) in [5, 5.41) is 0. The van der Waals surface area contributed by atoms with Crippen molar-refractivity contribution in [3.05, 3.63) is 81.5 Å². The molecule has 0 aliphatic heterocycles. The van der Waals surface area contributed by atoms with Gasteiger partial charge in [-0.2, -0.15) is 0 Å². The van der Waals surface area contributed by atoms with E-state index in [0.29, 0.717) is 17.3 Å². The first-order chi connectivity index (χ1) is 12.4. The molecule has 0 fully saturated rings. The molecule has 134 valence electrons. The lowest BCUT2D eigenvalue weighted by atomic mass is 10.2. The summed E-state index contributed by atoms with van der Waals surface area (Å²) in [6, 6.07) is 3.66. The van der Waals surface area contributed by atoms with Gasteiger partial charge in [0.15, 0.2) is 17.4 Å². The number of hydrogen-bond acceptors (Lipinski definition) is 4. The molecule has 5 nitrogen and oxygen atoms in total. The quantitative estimate of drug-likeness (QED) is 0.716. The fourth-order valence-electron chi connectivity index (χ4n) is 2.50. The molecule has 8 heteroatoms. The Morgan fingerprint density at radius 2 is 1.85 bits per heavy atom. The molecule has 0 atom stereocenters. The van der Waals surface area contributed by atoms with E-state index in [0.717, 1.165) is 17.0 Å². The summed E-state index contributed by atoms with van der Waals surface area (Å²) in [5.74, 6) is -2.46. The predicted octanol–water partition coefficient (Wildman–Crippen LogP) is 3.24. The Bertz CT molecular complexity index is 1010. The highest BCUT2D eigenvalue weighted by Crippen LogP contribution is 2.19. The standard InChI is InChI=1S/C18H14F3N3O2/c1-10-6-22-8-14(21)17(10)24-11(2)3-4-16(18(24)25)26-9-15-13(20)5-12(19)7-23-15/h3-8H,9H2,1-2H3. The van der Waals surface area contributed by atoms with Crippen molar-refractivity contribution in [2.75, 3.05) is 0 Å². The first-order valence-corrected chi connectivity index (χ1v) is 7.64. The smallest absolute Gasteiger partial charge is 0.297 e. The molecule has 0 amide bonds. The third-order valence-electron chi connectivity index (χ3n) is 3.77. The average Bonchev–Trinajstić information content (AvgIpc) is 2.58. The van der Waals surface area contributed by atoms with Gasteiger partial charge in [-0.15, -0.1) is 0 Å². The molecule has 0 N–H and O–H groups in total. The largest absolute Gasteiger partial charge is 0.481 e. The van der Waals surface area contributed by atoms with Crippen LogP contribution in [-0.4, -0.2) is 14.5 Å². The number of halogens is 3. The van der Waals surface area contributed by atoms with Crippen LogP contribution in [0.4, 0.5) is 13.2 Å².